The summed E-state index contributed by atoms with van der Waals surface area (Å²) in [6, 6.07) is 14.5. The Bertz CT molecular complexity index is 876. The van der Waals surface area contributed by atoms with Gasteiger partial charge in [0.15, 0.2) is 0 Å². The second kappa shape index (κ2) is 13.0. The number of thioether (sulfide) groups is 1. The van der Waals surface area contributed by atoms with E-state index in [0.29, 0.717) is 41.2 Å². The van der Waals surface area contributed by atoms with Crippen LogP contribution in [0.25, 0.3) is 0 Å². The predicted octanol–water partition coefficient (Wildman–Crippen LogP) is 5.81. The Morgan fingerprint density at radius 3 is 2.48 bits per heavy atom. The molecule has 0 aliphatic rings. The lowest BCUT2D eigenvalue weighted by Gasteiger charge is -2.31. The Hall–Kier alpha value is -1.69. The molecule has 0 bridgehead atoms. The largest absolute Gasteiger partial charge is 0.354 e. The van der Waals surface area contributed by atoms with Gasteiger partial charge in [0.05, 0.1) is 5.75 Å². The van der Waals surface area contributed by atoms with Gasteiger partial charge in [-0.05, 0) is 41.7 Å². The van der Waals surface area contributed by atoms with Gasteiger partial charge in [0.1, 0.15) is 6.04 Å². The molecule has 0 fully saturated rings. The van der Waals surface area contributed by atoms with Crippen molar-refractivity contribution in [3.05, 3.63) is 69.7 Å². The Morgan fingerprint density at radius 1 is 1.10 bits per heavy atom. The first kappa shape index (κ1) is 25.6. The minimum atomic E-state index is -0.547. The molecule has 1 N–H and O–H groups in total. The Labute approximate surface area is 199 Å². The highest BCUT2D eigenvalue weighted by atomic mass is 35.5. The number of hydrogen-bond acceptors (Lipinski definition) is 3. The van der Waals surface area contributed by atoms with Crippen LogP contribution in [0.5, 0.6) is 0 Å². The molecule has 1 atom stereocenters. The zero-order chi connectivity index (χ0) is 22.8. The van der Waals surface area contributed by atoms with Crippen molar-refractivity contribution < 1.29 is 9.59 Å². The molecule has 2 rings (SSSR count). The summed E-state index contributed by atoms with van der Waals surface area (Å²) in [6.07, 6.45) is 0.527. The molecule has 0 saturated carbocycles. The zero-order valence-corrected chi connectivity index (χ0v) is 20.6. The van der Waals surface area contributed by atoms with Crippen LogP contribution in [-0.4, -0.2) is 35.1 Å². The number of carbonyl (C=O) groups is 2. The molecule has 2 aromatic rings. The van der Waals surface area contributed by atoms with Gasteiger partial charge in [-0.1, -0.05) is 74.3 Å². The van der Waals surface area contributed by atoms with Crippen LogP contribution < -0.4 is 5.32 Å². The second-order valence-electron chi connectivity index (χ2n) is 7.80. The molecule has 0 saturated heterocycles. The summed E-state index contributed by atoms with van der Waals surface area (Å²) in [5, 5.41) is 4.24. The molecule has 4 nitrogen and oxygen atoms in total. The van der Waals surface area contributed by atoms with E-state index >= 15 is 0 Å². The minimum absolute atomic E-state index is 0.0847. The van der Waals surface area contributed by atoms with Gasteiger partial charge in [0.2, 0.25) is 11.8 Å². The van der Waals surface area contributed by atoms with Gasteiger partial charge in [0, 0.05) is 28.9 Å². The highest BCUT2D eigenvalue weighted by Gasteiger charge is 2.29. The van der Waals surface area contributed by atoms with Crippen molar-refractivity contribution in [3.8, 4) is 0 Å². The first-order valence-corrected chi connectivity index (χ1v) is 12.4. The van der Waals surface area contributed by atoms with Crippen molar-refractivity contribution >= 4 is 46.8 Å². The number of nitrogens with one attached hydrogen (secondary N) is 1. The third-order valence-electron chi connectivity index (χ3n) is 4.75. The Morgan fingerprint density at radius 2 is 1.84 bits per heavy atom. The average molecular weight is 481 g/mol. The van der Waals surface area contributed by atoms with Crippen LogP contribution in [0.1, 0.15) is 38.3 Å². The van der Waals surface area contributed by atoms with Gasteiger partial charge in [-0.15, -0.1) is 11.8 Å². The smallest absolute Gasteiger partial charge is 0.242 e. The topological polar surface area (TPSA) is 49.4 Å². The lowest BCUT2D eigenvalue weighted by molar-refractivity contribution is -0.139. The normalized spacial score (nSPS) is 11.9. The molecular weight excluding hydrogens is 451 g/mol. The minimum Gasteiger partial charge on any atom is -0.354 e. The van der Waals surface area contributed by atoms with Crippen molar-refractivity contribution in [2.24, 2.45) is 5.92 Å². The summed E-state index contributed by atoms with van der Waals surface area (Å²) in [6.45, 7) is 6.88. The van der Waals surface area contributed by atoms with E-state index in [2.05, 4.69) is 5.32 Å². The van der Waals surface area contributed by atoms with E-state index in [1.807, 2.05) is 63.2 Å². The molecule has 0 spiro atoms. The third kappa shape index (κ3) is 8.40. The predicted molar refractivity (Wildman–Crippen MR) is 132 cm³/mol. The molecule has 0 heterocycles. The lowest BCUT2D eigenvalue weighted by Crippen LogP contribution is -2.50. The number of nitrogens with zero attached hydrogens (tertiary/aromatic N) is 1. The maximum Gasteiger partial charge on any atom is 0.242 e. The molecule has 0 aliphatic heterocycles. The maximum absolute atomic E-state index is 13.2. The molecule has 1 unspecified atom stereocenters. The number of carbonyl (C=O) groups excluding carboxylic acids is 2. The van der Waals surface area contributed by atoms with E-state index in [1.165, 1.54) is 11.8 Å². The summed E-state index contributed by atoms with van der Waals surface area (Å²) >= 11 is 13.9. The fourth-order valence-electron chi connectivity index (χ4n) is 3.12. The summed E-state index contributed by atoms with van der Waals surface area (Å²) in [4.78, 5) is 27.7. The van der Waals surface area contributed by atoms with Crippen LogP contribution in [0.4, 0.5) is 0 Å². The van der Waals surface area contributed by atoms with Crippen molar-refractivity contribution in [1.82, 2.24) is 10.2 Å². The van der Waals surface area contributed by atoms with E-state index < -0.39 is 6.04 Å². The molecule has 0 aromatic heterocycles. The summed E-state index contributed by atoms with van der Waals surface area (Å²) < 4.78 is 0. The quantitative estimate of drug-likeness (QED) is 0.441. The van der Waals surface area contributed by atoms with E-state index in [-0.39, 0.29) is 17.6 Å². The molecule has 0 aliphatic carbocycles. The molecule has 31 heavy (non-hydrogen) atoms. The zero-order valence-electron chi connectivity index (χ0n) is 18.2. The summed E-state index contributed by atoms with van der Waals surface area (Å²) in [5.41, 5.74) is 1.89. The van der Waals surface area contributed by atoms with Crippen molar-refractivity contribution in [2.75, 3.05) is 12.3 Å². The van der Waals surface area contributed by atoms with Crippen LogP contribution >= 0.6 is 35.0 Å². The molecule has 0 radical (unpaired) electrons. The molecule has 2 aromatic carbocycles. The van der Waals surface area contributed by atoms with Crippen LogP contribution in [-0.2, 0) is 21.9 Å². The first-order valence-electron chi connectivity index (χ1n) is 10.4. The van der Waals surface area contributed by atoms with Gasteiger partial charge in [-0.25, -0.2) is 0 Å². The highest BCUT2D eigenvalue weighted by molar-refractivity contribution is 7.99. The first-order chi connectivity index (χ1) is 14.8. The SMILES string of the molecule is CCC(C(=O)NCC(C)C)N(Cc1ccccc1Cl)C(=O)CSCc1cccc(Cl)c1. The number of rotatable bonds is 11. The second-order valence-corrected chi connectivity index (χ2v) is 9.63. The van der Waals surface area contributed by atoms with Gasteiger partial charge in [-0.3, -0.25) is 9.59 Å². The highest BCUT2D eigenvalue weighted by Crippen LogP contribution is 2.22. The number of amides is 2. The Kier molecular flexibility index (Phi) is 10.7. The van der Waals surface area contributed by atoms with Crippen LogP contribution in [0.2, 0.25) is 10.0 Å². The fraction of sp³-hybridized carbons (Fsp3) is 0.417. The summed E-state index contributed by atoms with van der Waals surface area (Å²) in [5.74, 6) is 1.06. The van der Waals surface area contributed by atoms with Crippen LogP contribution in [0.15, 0.2) is 48.5 Å². The third-order valence-corrected chi connectivity index (χ3v) is 6.34. The van der Waals surface area contributed by atoms with Crippen LogP contribution in [0.3, 0.4) is 0 Å². The Balaban J connectivity index is 2.13. The van der Waals surface area contributed by atoms with Crippen LogP contribution in [0, 0.1) is 5.92 Å². The number of hydrogen-bond donors (Lipinski definition) is 1. The van der Waals surface area contributed by atoms with Gasteiger partial charge in [0.25, 0.3) is 0 Å². The molecule has 2 amide bonds. The van der Waals surface area contributed by atoms with Gasteiger partial charge in [-0.2, -0.15) is 0 Å². The standard InChI is InChI=1S/C24H30Cl2N2O2S/c1-4-22(24(30)27-13-17(2)3)28(14-19-9-5-6-11-21(19)26)23(29)16-31-15-18-8-7-10-20(25)12-18/h5-12,17,22H,4,13-16H2,1-3H3,(H,27,30). The fourth-order valence-corrected chi connectivity index (χ4v) is 4.38. The number of benzene rings is 2. The van der Waals surface area contributed by atoms with E-state index in [4.69, 9.17) is 23.2 Å². The van der Waals surface area contributed by atoms with E-state index in [0.717, 1.165) is 11.1 Å². The molecule has 168 valence electrons. The van der Waals surface area contributed by atoms with Crippen molar-refractivity contribution in [1.29, 1.82) is 0 Å². The van der Waals surface area contributed by atoms with Crippen molar-refractivity contribution in [3.63, 3.8) is 0 Å². The monoisotopic (exact) mass is 480 g/mol. The van der Waals surface area contributed by atoms with Crippen molar-refractivity contribution in [2.45, 2.75) is 45.5 Å². The summed E-state index contributed by atoms with van der Waals surface area (Å²) in [7, 11) is 0. The maximum atomic E-state index is 13.2. The van der Waals surface area contributed by atoms with E-state index in [1.54, 1.807) is 11.0 Å². The number of halogens is 2. The van der Waals surface area contributed by atoms with E-state index in [9.17, 15) is 9.59 Å². The van der Waals surface area contributed by atoms with Gasteiger partial charge < -0.3 is 10.2 Å². The molecular formula is C24H30Cl2N2O2S. The van der Waals surface area contributed by atoms with Gasteiger partial charge >= 0.3 is 0 Å². The average Bonchev–Trinajstić information content (AvgIpc) is 2.73. The lowest BCUT2D eigenvalue weighted by atomic mass is 10.1. The molecule has 7 heteroatoms.